The molecule has 5 nitrogen and oxygen atoms in total. The van der Waals surface area contributed by atoms with E-state index in [4.69, 9.17) is 4.74 Å². The van der Waals surface area contributed by atoms with E-state index < -0.39 is 0 Å². The molecule has 0 radical (unpaired) electrons. The van der Waals surface area contributed by atoms with Crippen molar-refractivity contribution in [1.29, 1.82) is 0 Å². The molecule has 0 bridgehead atoms. The number of nitrogens with zero attached hydrogens (tertiary/aromatic N) is 3. The lowest BCUT2D eigenvalue weighted by Gasteiger charge is -1.95. The summed E-state index contributed by atoms with van der Waals surface area (Å²) in [5.74, 6) is 0. The van der Waals surface area contributed by atoms with Crippen molar-refractivity contribution in [2.45, 2.75) is 26.3 Å². The minimum atomic E-state index is 0.934. The third-order valence-electron chi connectivity index (χ3n) is 4.15. The second-order valence-corrected chi connectivity index (χ2v) is 8.10. The molecule has 0 atom stereocenters. The van der Waals surface area contributed by atoms with E-state index in [2.05, 4.69) is 85.6 Å². The highest BCUT2D eigenvalue weighted by molar-refractivity contribution is 14.1. The Morgan fingerprint density at radius 1 is 1.00 bits per heavy atom. The lowest BCUT2D eigenvalue weighted by Crippen LogP contribution is -1.95. The van der Waals surface area contributed by atoms with Gasteiger partial charge in [0.25, 0.3) is 0 Å². The predicted molar refractivity (Wildman–Crippen MR) is 127 cm³/mol. The monoisotopic (exact) mass is 588 g/mol. The van der Waals surface area contributed by atoms with E-state index in [1.807, 2.05) is 35.0 Å². The number of benzene rings is 2. The van der Waals surface area contributed by atoms with Crippen LogP contribution in [0, 0.1) is 7.40 Å². The van der Waals surface area contributed by atoms with Gasteiger partial charge in [-0.3, -0.25) is 9.78 Å². The van der Waals surface area contributed by atoms with Crippen LogP contribution in [0.5, 0.6) is 0 Å². The molecule has 1 aliphatic rings. The number of hydrogen-bond acceptors (Lipinski definition) is 3. The number of ether oxygens (including phenoxy) is 1. The van der Waals surface area contributed by atoms with E-state index in [0.717, 1.165) is 32.7 Å². The first-order chi connectivity index (χ1) is 13.2. The van der Waals surface area contributed by atoms with Gasteiger partial charge in [-0.05, 0) is 77.1 Å². The van der Waals surface area contributed by atoms with E-state index in [1.165, 1.54) is 29.1 Å². The molecule has 1 aliphatic heterocycles. The fourth-order valence-corrected chi connectivity index (χ4v) is 4.06. The number of aryl methyl sites for hydroxylation is 1. The number of H-pyrrole nitrogens is 1. The highest BCUT2D eigenvalue weighted by atomic mass is 127. The quantitative estimate of drug-likeness (QED) is 0.294. The number of rotatable bonds is 1. The average molecular weight is 588 g/mol. The van der Waals surface area contributed by atoms with Gasteiger partial charge >= 0.3 is 0 Å². The maximum absolute atomic E-state index is 4.94. The minimum absolute atomic E-state index is 0.934. The summed E-state index contributed by atoms with van der Waals surface area (Å²) >= 11 is 4.51. The molecule has 7 heteroatoms. The number of nitrogens with one attached hydrogen (secondary N) is 1. The Kier molecular flexibility index (Phi) is 7.89. The van der Waals surface area contributed by atoms with E-state index in [0.29, 0.717) is 0 Å². The third kappa shape index (κ3) is 5.41. The zero-order chi connectivity index (χ0) is 19.1. The minimum Gasteiger partial charge on any atom is -0.381 e. The Bertz CT molecular complexity index is 984. The van der Waals surface area contributed by atoms with Crippen molar-refractivity contribution in [1.82, 2.24) is 20.0 Å². The molecule has 0 spiro atoms. The van der Waals surface area contributed by atoms with Crippen molar-refractivity contribution in [2.75, 3.05) is 13.2 Å². The fraction of sp³-hybridized carbons (Fsp3) is 0.300. The number of aromatic amines is 1. The normalized spacial score (nSPS) is 13.1. The lowest BCUT2D eigenvalue weighted by atomic mass is 10.3. The summed E-state index contributed by atoms with van der Waals surface area (Å²) in [6, 6.07) is 16.4. The summed E-state index contributed by atoms with van der Waals surface area (Å²) in [5.41, 5.74) is 2.26. The van der Waals surface area contributed by atoms with Gasteiger partial charge in [0.15, 0.2) is 0 Å². The van der Waals surface area contributed by atoms with Crippen LogP contribution in [-0.4, -0.2) is 33.2 Å². The smallest absolute Gasteiger partial charge is 0.131 e. The third-order valence-corrected chi connectivity index (χ3v) is 5.77. The zero-order valence-corrected chi connectivity index (χ0v) is 19.5. The van der Waals surface area contributed by atoms with Crippen LogP contribution in [0.2, 0.25) is 0 Å². The van der Waals surface area contributed by atoms with Crippen molar-refractivity contribution in [3.63, 3.8) is 0 Å². The first kappa shape index (κ1) is 20.5. The van der Waals surface area contributed by atoms with Gasteiger partial charge in [-0.1, -0.05) is 36.4 Å². The second-order valence-electron chi connectivity index (χ2n) is 6.00. The number of aromatic nitrogens is 4. The SMILES string of the molecule is C1CCOC1.CCn1nc(I)c2ccccc21.Ic1[nH]nc2ccccc12. The Hall–Kier alpha value is -1.20. The molecule has 3 heterocycles. The van der Waals surface area contributed by atoms with Crippen LogP contribution in [0.1, 0.15) is 19.8 Å². The van der Waals surface area contributed by atoms with Crippen LogP contribution in [0.3, 0.4) is 0 Å². The molecule has 4 aromatic rings. The molecule has 2 aromatic heterocycles. The van der Waals surface area contributed by atoms with E-state index >= 15 is 0 Å². The number of halogens is 2. The summed E-state index contributed by atoms with van der Waals surface area (Å²) < 4.78 is 9.16. The molecule has 0 aliphatic carbocycles. The predicted octanol–water partition coefficient (Wildman–Crippen LogP) is 5.63. The van der Waals surface area contributed by atoms with Gasteiger partial charge in [-0.25, -0.2) is 0 Å². The van der Waals surface area contributed by atoms with Gasteiger partial charge in [0.05, 0.1) is 11.0 Å². The van der Waals surface area contributed by atoms with Crippen molar-refractivity contribution in [3.8, 4) is 0 Å². The van der Waals surface area contributed by atoms with Gasteiger partial charge in [-0.15, -0.1) is 0 Å². The molecular formula is C20H22I2N4O. The molecule has 1 fully saturated rings. The Balaban J connectivity index is 0.000000126. The van der Waals surface area contributed by atoms with Crippen LogP contribution >= 0.6 is 45.2 Å². The van der Waals surface area contributed by atoms with Crippen LogP contribution in [-0.2, 0) is 11.3 Å². The average Bonchev–Trinajstić information content (AvgIpc) is 3.46. The maximum Gasteiger partial charge on any atom is 0.131 e. The highest BCUT2D eigenvalue weighted by Gasteiger charge is 2.04. The molecular weight excluding hydrogens is 566 g/mol. The van der Waals surface area contributed by atoms with Gasteiger partial charge < -0.3 is 4.74 Å². The van der Waals surface area contributed by atoms with Crippen molar-refractivity contribution >= 4 is 67.0 Å². The number of hydrogen-bond donors (Lipinski definition) is 1. The number of fused-ring (bicyclic) bond motifs is 2. The first-order valence-corrected chi connectivity index (χ1v) is 11.1. The summed E-state index contributed by atoms with van der Waals surface area (Å²) in [6.45, 7) is 5.04. The van der Waals surface area contributed by atoms with Gasteiger partial charge in [0, 0.05) is 30.5 Å². The van der Waals surface area contributed by atoms with Crippen LogP contribution in [0.25, 0.3) is 21.8 Å². The molecule has 142 valence electrons. The zero-order valence-electron chi connectivity index (χ0n) is 15.2. The molecule has 5 rings (SSSR count). The van der Waals surface area contributed by atoms with Gasteiger partial charge in [-0.2, -0.15) is 10.2 Å². The standard InChI is InChI=1S/C9H9IN2.C7H5IN2.C4H8O/c1-2-12-8-6-4-3-5-7(8)9(10)11-12;8-7-5-3-1-2-4-6(5)9-10-7;1-2-4-5-3-1/h3-6H,2H2,1H3;1-4H,(H,9,10);1-4H2. The Labute approximate surface area is 186 Å². The lowest BCUT2D eigenvalue weighted by molar-refractivity contribution is 0.198. The topological polar surface area (TPSA) is 55.7 Å². The molecule has 1 N–H and O–H groups in total. The van der Waals surface area contributed by atoms with E-state index in [9.17, 15) is 0 Å². The Morgan fingerprint density at radius 3 is 2.30 bits per heavy atom. The Morgan fingerprint density at radius 2 is 1.67 bits per heavy atom. The first-order valence-electron chi connectivity index (χ1n) is 8.98. The molecule has 0 unspecified atom stereocenters. The summed E-state index contributed by atoms with van der Waals surface area (Å²) in [7, 11) is 0. The molecule has 0 saturated carbocycles. The summed E-state index contributed by atoms with van der Waals surface area (Å²) in [4.78, 5) is 0. The molecule has 0 amide bonds. The van der Waals surface area contributed by atoms with E-state index in [1.54, 1.807) is 0 Å². The van der Waals surface area contributed by atoms with E-state index in [-0.39, 0.29) is 0 Å². The molecule has 27 heavy (non-hydrogen) atoms. The van der Waals surface area contributed by atoms with Gasteiger partial charge in [0.2, 0.25) is 0 Å². The second kappa shape index (κ2) is 10.4. The maximum atomic E-state index is 4.94. The summed E-state index contributed by atoms with van der Waals surface area (Å²) in [5, 5.41) is 13.9. The van der Waals surface area contributed by atoms with Crippen LogP contribution in [0.15, 0.2) is 48.5 Å². The van der Waals surface area contributed by atoms with Crippen LogP contribution < -0.4 is 0 Å². The van der Waals surface area contributed by atoms with Crippen LogP contribution in [0.4, 0.5) is 0 Å². The van der Waals surface area contributed by atoms with Crippen molar-refractivity contribution < 1.29 is 4.74 Å². The summed E-state index contributed by atoms with van der Waals surface area (Å²) in [6.07, 6.45) is 2.56. The number of para-hydroxylation sites is 2. The van der Waals surface area contributed by atoms with Crippen molar-refractivity contribution in [3.05, 3.63) is 55.9 Å². The largest absolute Gasteiger partial charge is 0.381 e. The molecule has 1 saturated heterocycles. The fourth-order valence-electron chi connectivity index (χ4n) is 2.76. The molecule has 2 aromatic carbocycles. The van der Waals surface area contributed by atoms with Gasteiger partial charge in [0.1, 0.15) is 7.40 Å². The highest BCUT2D eigenvalue weighted by Crippen LogP contribution is 2.19. The van der Waals surface area contributed by atoms with Crippen molar-refractivity contribution in [2.24, 2.45) is 0 Å².